The normalized spacial score (nSPS) is 12.3. The molecule has 0 saturated carbocycles. The molecular weight excluding hydrogens is 360 g/mol. The molecule has 25 heavy (non-hydrogen) atoms. The molecule has 1 aliphatic heterocycles. The molecule has 2 aromatic heterocycles. The van der Waals surface area contributed by atoms with E-state index in [1.807, 2.05) is 22.1 Å². The highest BCUT2D eigenvalue weighted by Gasteiger charge is 2.15. The molecule has 128 valence electrons. The maximum Gasteiger partial charge on any atom is 0.231 e. The molecule has 0 atom stereocenters. The highest BCUT2D eigenvalue weighted by molar-refractivity contribution is 7.71. The van der Waals surface area contributed by atoms with E-state index in [0.717, 1.165) is 10.7 Å². The zero-order chi connectivity index (χ0) is 17.2. The minimum Gasteiger partial charge on any atom is -0.454 e. The highest BCUT2D eigenvalue weighted by atomic mass is 32.1. The van der Waals surface area contributed by atoms with Gasteiger partial charge in [-0.2, -0.15) is 5.10 Å². The number of thiophene rings is 1. The lowest BCUT2D eigenvalue weighted by atomic mass is 10.2. The fraction of sp³-hybridized carbons (Fsp3) is 0.188. The molecule has 0 radical (unpaired) electrons. The summed E-state index contributed by atoms with van der Waals surface area (Å²) in [7, 11) is 0. The lowest BCUT2D eigenvalue weighted by Crippen LogP contribution is -2.15. The SMILES string of the molecule is O=C(CCn1c(-c2cccs2)n[nH]c1=S)Nc1ccc2c(c1)OCO2. The number of hydrogen-bond donors (Lipinski definition) is 2. The fourth-order valence-corrected chi connectivity index (χ4v) is 3.48. The smallest absolute Gasteiger partial charge is 0.231 e. The number of fused-ring (bicyclic) bond motifs is 1. The second kappa shape index (κ2) is 6.69. The number of nitrogens with one attached hydrogen (secondary N) is 2. The van der Waals surface area contributed by atoms with Gasteiger partial charge in [0, 0.05) is 24.7 Å². The van der Waals surface area contributed by atoms with Crippen LogP contribution in [0.5, 0.6) is 11.5 Å². The Balaban J connectivity index is 1.43. The van der Waals surface area contributed by atoms with Crippen molar-refractivity contribution in [3.8, 4) is 22.2 Å². The van der Waals surface area contributed by atoms with Gasteiger partial charge >= 0.3 is 0 Å². The van der Waals surface area contributed by atoms with Crippen LogP contribution in [0.15, 0.2) is 35.7 Å². The molecule has 0 bridgehead atoms. The Morgan fingerprint density at radius 1 is 1.36 bits per heavy atom. The zero-order valence-electron chi connectivity index (χ0n) is 13.0. The minimum absolute atomic E-state index is 0.112. The van der Waals surface area contributed by atoms with Gasteiger partial charge in [-0.15, -0.1) is 11.3 Å². The summed E-state index contributed by atoms with van der Waals surface area (Å²) < 4.78 is 12.9. The minimum atomic E-state index is -0.112. The van der Waals surface area contributed by atoms with Crippen LogP contribution in [-0.2, 0) is 11.3 Å². The molecule has 0 spiro atoms. The van der Waals surface area contributed by atoms with E-state index in [-0.39, 0.29) is 19.1 Å². The van der Waals surface area contributed by atoms with Crippen molar-refractivity contribution in [2.75, 3.05) is 12.1 Å². The average Bonchev–Trinajstić information content (AvgIpc) is 3.33. The quantitative estimate of drug-likeness (QED) is 0.669. The Morgan fingerprint density at radius 2 is 2.24 bits per heavy atom. The maximum absolute atomic E-state index is 12.3. The molecule has 1 amide bonds. The number of anilines is 1. The third-order valence-electron chi connectivity index (χ3n) is 3.72. The van der Waals surface area contributed by atoms with Gasteiger partial charge in [0.25, 0.3) is 0 Å². The summed E-state index contributed by atoms with van der Waals surface area (Å²) in [5.41, 5.74) is 0.670. The molecule has 9 heteroatoms. The van der Waals surface area contributed by atoms with Crippen LogP contribution in [0.1, 0.15) is 6.42 Å². The van der Waals surface area contributed by atoms with Gasteiger partial charge in [-0.1, -0.05) is 6.07 Å². The van der Waals surface area contributed by atoms with Crippen LogP contribution in [0.25, 0.3) is 10.7 Å². The number of aromatic amines is 1. The largest absolute Gasteiger partial charge is 0.454 e. The molecule has 3 aromatic rings. The summed E-state index contributed by atoms with van der Waals surface area (Å²) in [6.07, 6.45) is 0.278. The van der Waals surface area contributed by atoms with E-state index in [1.54, 1.807) is 29.5 Å². The Morgan fingerprint density at radius 3 is 3.08 bits per heavy atom. The van der Waals surface area contributed by atoms with Gasteiger partial charge in [0.2, 0.25) is 12.7 Å². The Kier molecular flexibility index (Phi) is 4.24. The number of rotatable bonds is 5. The number of nitrogens with zero attached hydrogens (tertiary/aromatic N) is 2. The number of aromatic nitrogens is 3. The lowest BCUT2D eigenvalue weighted by molar-refractivity contribution is -0.116. The topological polar surface area (TPSA) is 81.2 Å². The van der Waals surface area contributed by atoms with Crippen LogP contribution in [0.4, 0.5) is 5.69 Å². The number of carbonyl (C=O) groups is 1. The Hall–Kier alpha value is -2.65. The molecule has 0 aliphatic carbocycles. The molecule has 0 saturated heterocycles. The summed E-state index contributed by atoms with van der Waals surface area (Å²) in [5, 5.41) is 11.9. The molecule has 7 nitrogen and oxygen atoms in total. The van der Waals surface area contributed by atoms with Gasteiger partial charge in [0.1, 0.15) is 0 Å². The first-order chi connectivity index (χ1) is 12.2. The van der Waals surface area contributed by atoms with E-state index in [4.69, 9.17) is 21.7 Å². The zero-order valence-corrected chi connectivity index (χ0v) is 14.7. The summed E-state index contributed by atoms with van der Waals surface area (Å²) in [6, 6.07) is 9.24. The predicted octanol–water partition coefficient (Wildman–Crippen LogP) is 3.43. The van der Waals surface area contributed by atoms with Crippen molar-refractivity contribution in [2.24, 2.45) is 0 Å². The van der Waals surface area contributed by atoms with Crippen molar-refractivity contribution >= 4 is 35.1 Å². The average molecular weight is 374 g/mol. The van der Waals surface area contributed by atoms with Crippen LogP contribution >= 0.6 is 23.6 Å². The third-order valence-corrected chi connectivity index (χ3v) is 4.90. The van der Waals surface area contributed by atoms with Gasteiger partial charge in [0.05, 0.1) is 4.88 Å². The van der Waals surface area contributed by atoms with Crippen molar-refractivity contribution in [1.82, 2.24) is 14.8 Å². The first-order valence-electron chi connectivity index (χ1n) is 7.59. The molecule has 1 aliphatic rings. The number of amides is 1. The summed E-state index contributed by atoms with van der Waals surface area (Å²) >= 11 is 6.85. The second-order valence-corrected chi connectivity index (χ2v) is 6.68. The van der Waals surface area contributed by atoms with Gasteiger partial charge in [0.15, 0.2) is 22.1 Å². The van der Waals surface area contributed by atoms with Gasteiger partial charge < -0.3 is 14.8 Å². The molecule has 0 unspecified atom stereocenters. The van der Waals surface area contributed by atoms with E-state index in [9.17, 15) is 4.79 Å². The Labute approximate surface area is 152 Å². The van der Waals surface area contributed by atoms with Gasteiger partial charge in [-0.3, -0.25) is 14.5 Å². The molecule has 3 heterocycles. The van der Waals surface area contributed by atoms with Crippen LogP contribution < -0.4 is 14.8 Å². The van der Waals surface area contributed by atoms with Crippen LogP contribution in [0.3, 0.4) is 0 Å². The lowest BCUT2D eigenvalue weighted by Gasteiger charge is -2.08. The first kappa shape index (κ1) is 15.9. The fourth-order valence-electron chi connectivity index (χ4n) is 2.53. The number of hydrogen-bond acceptors (Lipinski definition) is 6. The number of H-pyrrole nitrogens is 1. The number of ether oxygens (including phenoxy) is 2. The highest BCUT2D eigenvalue weighted by Crippen LogP contribution is 2.34. The molecule has 0 fully saturated rings. The van der Waals surface area contributed by atoms with Gasteiger partial charge in [-0.05, 0) is 35.8 Å². The number of benzene rings is 1. The second-order valence-electron chi connectivity index (χ2n) is 5.35. The monoisotopic (exact) mass is 374 g/mol. The van der Waals surface area contributed by atoms with Crippen molar-refractivity contribution in [1.29, 1.82) is 0 Å². The maximum atomic E-state index is 12.3. The van der Waals surface area contributed by atoms with Crippen LogP contribution in [0.2, 0.25) is 0 Å². The Bertz CT molecular complexity index is 962. The van der Waals surface area contributed by atoms with E-state index < -0.39 is 0 Å². The molecule has 2 N–H and O–H groups in total. The van der Waals surface area contributed by atoms with E-state index >= 15 is 0 Å². The molecule has 1 aromatic carbocycles. The van der Waals surface area contributed by atoms with Crippen molar-refractivity contribution in [3.63, 3.8) is 0 Å². The van der Waals surface area contributed by atoms with Crippen LogP contribution in [0, 0.1) is 4.77 Å². The van der Waals surface area contributed by atoms with Crippen molar-refractivity contribution in [2.45, 2.75) is 13.0 Å². The third kappa shape index (κ3) is 3.28. The first-order valence-corrected chi connectivity index (χ1v) is 8.88. The molecule has 4 rings (SSSR count). The molecular formula is C16H14N4O3S2. The van der Waals surface area contributed by atoms with E-state index in [1.165, 1.54) is 0 Å². The summed E-state index contributed by atoms with van der Waals surface area (Å²) in [5.74, 6) is 1.95. The summed E-state index contributed by atoms with van der Waals surface area (Å²) in [6.45, 7) is 0.649. The number of carbonyl (C=O) groups excluding carboxylic acids is 1. The summed E-state index contributed by atoms with van der Waals surface area (Å²) in [4.78, 5) is 13.3. The van der Waals surface area contributed by atoms with Crippen molar-refractivity contribution < 1.29 is 14.3 Å². The standard InChI is InChI=1S/C16H14N4O3S2/c21-14(17-10-3-4-11-12(8-10)23-9-22-11)5-6-20-15(18-19-16(20)24)13-2-1-7-25-13/h1-4,7-8H,5-6,9H2,(H,17,21)(H,19,24). The van der Waals surface area contributed by atoms with E-state index in [2.05, 4.69) is 15.5 Å². The predicted molar refractivity (Wildman–Crippen MR) is 96.5 cm³/mol. The van der Waals surface area contributed by atoms with Crippen LogP contribution in [-0.4, -0.2) is 27.5 Å². The van der Waals surface area contributed by atoms with Gasteiger partial charge in [-0.25, -0.2) is 0 Å². The van der Waals surface area contributed by atoms with Crippen molar-refractivity contribution in [3.05, 3.63) is 40.5 Å². The van der Waals surface area contributed by atoms with E-state index in [0.29, 0.717) is 28.5 Å².